The molecule has 1 aromatic carbocycles. The van der Waals surface area contributed by atoms with Gasteiger partial charge in [-0.2, -0.15) is 0 Å². The van der Waals surface area contributed by atoms with E-state index in [1.54, 1.807) is 6.92 Å². The lowest BCUT2D eigenvalue weighted by Crippen LogP contribution is -2.54. The Morgan fingerprint density at radius 3 is 2.59 bits per heavy atom. The second kappa shape index (κ2) is 8.15. The summed E-state index contributed by atoms with van der Waals surface area (Å²) in [5.41, 5.74) is 0.984. The van der Waals surface area contributed by atoms with Crippen molar-refractivity contribution >= 4 is 6.09 Å². The fourth-order valence-electron chi connectivity index (χ4n) is 2.79. The summed E-state index contributed by atoms with van der Waals surface area (Å²) in [6.07, 6.45) is 1.91. The molecule has 1 aliphatic rings. The van der Waals surface area contributed by atoms with E-state index in [2.05, 4.69) is 17.6 Å². The first kappa shape index (κ1) is 16.8. The van der Waals surface area contributed by atoms with Gasteiger partial charge in [-0.05, 0) is 38.7 Å². The monoisotopic (exact) mass is 306 g/mol. The van der Waals surface area contributed by atoms with Gasteiger partial charge in [0.25, 0.3) is 0 Å². The molecule has 0 aliphatic heterocycles. The van der Waals surface area contributed by atoms with Crippen molar-refractivity contribution in [3.63, 3.8) is 0 Å². The molecule has 2 atom stereocenters. The molecule has 5 heteroatoms. The molecule has 0 saturated heterocycles. The van der Waals surface area contributed by atoms with Gasteiger partial charge in [0.1, 0.15) is 6.61 Å². The molecule has 0 spiro atoms. The number of benzene rings is 1. The van der Waals surface area contributed by atoms with Crippen LogP contribution in [0.1, 0.15) is 38.7 Å². The van der Waals surface area contributed by atoms with E-state index in [-0.39, 0.29) is 24.3 Å². The minimum absolute atomic E-state index is 0.180. The molecule has 2 unspecified atom stereocenters. The van der Waals surface area contributed by atoms with Crippen LogP contribution in [0.15, 0.2) is 30.3 Å². The lowest BCUT2D eigenvalue weighted by Gasteiger charge is -2.38. The standard InChI is InChI=1S/C17H26N2O3/c1-12(8-13(2)20)18-15-9-16(10-15)19-17(21)22-11-14-6-4-3-5-7-14/h3-7,12-13,15-16,18,20H,8-11H2,1-2H3,(H,19,21). The maximum Gasteiger partial charge on any atom is 0.407 e. The molecule has 0 bridgehead atoms. The third kappa shape index (κ3) is 5.66. The van der Waals surface area contributed by atoms with Gasteiger partial charge in [-0.3, -0.25) is 0 Å². The Labute approximate surface area is 132 Å². The Kier molecular flexibility index (Phi) is 6.21. The maximum atomic E-state index is 11.7. The van der Waals surface area contributed by atoms with Crippen LogP contribution in [0.25, 0.3) is 0 Å². The summed E-state index contributed by atoms with van der Waals surface area (Å²) in [7, 11) is 0. The zero-order chi connectivity index (χ0) is 15.9. The first-order valence-corrected chi connectivity index (χ1v) is 7.94. The van der Waals surface area contributed by atoms with Gasteiger partial charge < -0.3 is 20.5 Å². The van der Waals surface area contributed by atoms with E-state index >= 15 is 0 Å². The zero-order valence-corrected chi connectivity index (χ0v) is 13.3. The van der Waals surface area contributed by atoms with Gasteiger partial charge in [0.05, 0.1) is 6.10 Å². The van der Waals surface area contributed by atoms with Crippen LogP contribution in [0.3, 0.4) is 0 Å². The molecule has 22 heavy (non-hydrogen) atoms. The third-order valence-corrected chi connectivity index (χ3v) is 3.89. The normalized spacial score (nSPS) is 23.2. The fraction of sp³-hybridized carbons (Fsp3) is 0.588. The number of aliphatic hydroxyl groups is 1. The highest BCUT2D eigenvalue weighted by atomic mass is 16.5. The van der Waals surface area contributed by atoms with Crippen molar-refractivity contribution in [3.8, 4) is 0 Å². The molecule has 122 valence electrons. The summed E-state index contributed by atoms with van der Waals surface area (Å²) in [5.74, 6) is 0. The van der Waals surface area contributed by atoms with Crippen molar-refractivity contribution < 1.29 is 14.6 Å². The quantitative estimate of drug-likeness (QED) is 0.722. The zero-order valence-electron chi connectivity index (χ0n) is 13.3. The second-order valence-corrected chi connectivity index (χ2v) is 6.22. The Hall–Kier alpha value is -1.59. The van der Waals surface area contributed by atoms with Crippen LogP contribution in [0.2, 0.25) is 0 Å². The first-order chi connectivity index (χ1) is 10.5. The first-order valence-electron chi connectivity index (χ1n) is 7.94. The van der Waals surface area contributed by atoms with Crippen molar-refractivity contribution in [1.29, 1.82) is 0 Å². The van der Waals surface area contributed by atoms with Crippen molar-refractivity contribution in [3.05, 3.63) is 35.9 Å². The highest BCUT2D eigenvalue weighted by molar-refractivity contribution is 5.67. The van der Waals surface area contributed by atoms with E-state index in [0.717, 1.165) is 24.8 Å². The molecule has 1 aliphatic carbocycles. The van der Waals surface area contributed by atoms with Gasteiger partial charge in [-0.15, -0.1) is 0 Å². The van der Waals surface area contributed by atoms with E-state index in [4.69, 9.17) is 4.74 Å². The van der Waals surface area contributed by atoms with Gasteiger partial charge >= 0.3 is 6.09 Å². The number of hydrogen-bond acceptors (Lipinski definition) is 4. The number of aliphatic hydroxyl groups excluding tert-OH is 1. The minimum atomic E-state index is -0.357. The Morgan fingerprint density at radius 2 is 1.95 bits per heavy atom. The number of rotatable bonds is 7. The number of hydrogen-bond donors (Lipinski definition) is 3. The molecule has 2 rings (SSSR count). The van der Waals surface area contributed by atoms with Crippen molar-refractivity contribution in [2.75, 3.05) is 0 Å². The van der Waals surface area contributed by atoms with Crippen LogP contribution in [0.5, 0.6) is 0 Å². The molecular formula is C17H26N2O3. The number of alkyl carbamates (subject to hydrolysis) is 1. The summed E-state index contributed by atoms with van der Waals surface area (Å²) in [5, 5.41) is 15.7. The average Bonchev–Trinajstić information content (AvgIpc) is 2.43. The molecule has 1 saturated carbocycles. The third-order valence-electron chi connectivity index (χ3n) is 3.89. The van der Waals surface area contributed by atoms with E-state index < -0.39 is 0 Å². The highest BCUT2D eigenvalue weighted by Crippen LogP contribution is 2.21. The van der Waals surface area contributed by atoms with Crippen LogP contribution in [-0.4, -0.2) is 35.4 Å². The average molecular weight is 306 g/mol. The Morgan fingerprint density at radius 1 is 1.27 bits per heavy atom. The minimum Gasteiger partial charge on any atom is -0.445 e. The Bertz CT molecular complexity index is 458. The molecule has 0 heterocycles. The molecule has 1 amide bonds. The summed E-state index contributed by atoms with van der Waals surface area (Å²) in [6, 6.07) is 10.5. The smallest absolute Gasteiger partial charge is 0.407 e. The molecule has 0 radical (unpaired) electrons. The lowest BCUT2D eigenvalue weighted by atomic mass is 9.86. The van der Waals surface area contributed by atoms with Crippen LogP contribution < -0.4 is 10.6 Å². The highest BCUT2D eigenvalue weighted by Gasteiger charge is 2.31. The van der Waals surface area contributed by atoms with Crippen molar-refractivity contribution in [1.82, 2.24) is 10.6 Å². The summed E-state index contributed by atoms with van der Waals surface area (Å²) in [6.45, 7) is 4.17. The van der Waals surface area contributed by atoms with Gasteiger partial charge in [0.2, 0.25) is 0 Å². The number of amides is 1. The van der Waals surface area contributed by atoms with E-state index in [1.165, 1.54) is 0 Å². The van der Waals surface area contributed by atoms with Gasteiger partial charge in [-0.25, -0.2) is 4.79 Å². The molecule has 3 N–H and O–H groups in total. The van der Waals surface area contributed by atoms with Crippen molar-refractivity contribution in [2.45, 2.75) is 63.9 Å². The van der Waals surface area contributed by atoms with Crippen LogP contribution >= 0.6 is 0 Å². The number of ether oxygens (including phenoxy) is 1. The largest absolute Gasteiger partial charge is 0.445 e. The summed E-state index contributed by atoms with van der Waals surface area (Å²) in [4.78, 5) is 11.7. The summed E-state index contributed by atoms with van der Waals surface area (Å²) < 4.78 is 5.20. The predicted octanol–water partition coefficient (Wildman–Crippen LogP) is 2.19. The molecule has 1 aromatic rings. The van der Waals surface area contributed by atoms with Gasteiger partial charge in [0, 0.05) is 18.1 Å². The van der Waals surface area contributed by atoms with Crippen LogP contribution in [0.4, 0.5) is 4.79 Å². The number of nitrogens with one attached hydrogen (secondary N) is 2. The van der Waals surface area contributed by atoms with E-state index in [9.17, 15) is 9.90 Å². The second-order valence-electron chi connectivity index (χ2n) is 6.22. The molecule has 0 aromatic heterocycles. The number of carbonyl (C=O) groups excluding carboxylic acids is 1. The molecular weight excluding hydrogens is 280 g/mol. The molecule has 1 fully saturated rings. The SMILES string of the molecule is CC(O)CC(C)NC1CC(NC(=O)OCc2ccccc2)C1. The van der Waals surface area contributed by atoms with Crippen LogP contribution in [-0.2, 0) is 11.3 Å². The Balaban J connectivity index is 1.58. The van der Waals surface area contributed by atoms with Gasteiger partial charge in [-0.1, -0.05) is 30.3 Å². The number of carbonyl (C=O) groups is 1. The fourth-order valence-corrected chi connectivity index (χ4v) is 2.79. The topological polar surface area (TPSA) is 70.6 Å². The van der Waals surface area contributed by atoms with Gasteiger partial charge in [0.15, 0.2) is 0 Å². The van der Waals surface area contributed by atoms with E-state index in [1.807, 2.05) is 30.3 Å². The molecule has 5 nitrogen and oxygen atoms in total. The maximum absolute atomic E-state index is 11.7. The lowest BCUT2D eigenvalue weighted by molar-refractivity contribution is 0.122. The van der Waals surface area contributed by atoms with Crippen LogP contribution in [0, 0.1) is 0 Å². The van der Waals surface area contributed by atoms with Crippen molar-refractivity contribution in [2.24, 2.45) is 0 Å². The van der Waals surface area contributed by atoms with E-state index in [0.29, 0.717) is 12.6 Å². The predicted molar refractivity (Wildman–Crippen MR) is 85.5 cm³/mol. The summed E-state index contributed by atoms with van der Waals surface area (Å²) >= 11 is 0.